The molecule has 0 spiro atoms. The first kappa shape index (κ1) is 11.8. The Morgan fingerprint density at radius 3 is 2.89 bits per heavy atom. The number of hydrogen-bond donors (Lipinski definition) is 2. The van der Waals surface area contributed by atoms with E-state index >= 15 is 0 Å². The maximum atomic E-state index is 12.1. The number of rotatable bonds is 6. The lowest BCUT2D eigenvalue weighted by Crippen LogP contribution is -2.32. The minimum atomic E-state index is 0.0242. The van der Waals surface area contributed by atoms with E-state index in [0.29, 0.717) is 12.6 Å². The zero-order valence-electron chi connectivity index (χ0n) is 10.6. The second kappa shape index (κ2) is 4.43. The summed E-state index contributed by atoms with van der Waals surface area (Å²) in [5.41, 5.74) is 0.957. The molecular formula is C14H20N2O2. The minimum Gasteiger partial charge on any atom is -0.396 e. The first-order valence-corrected chi connectivity index (χ1v) is 6.80. The molecule has 18 heavy (non-hydrogen) atoms. The Balaban J connectivity index is 1.59. The van der Waals surface area contributed by atoms with Crippen molar-refractivity contribution in [1.29, 1.82) is 0 Å². The fourth-order valence-electron chi connectivity index (χ4n) is 2.54. The number of hydrogen-bond acceptors (Lipinski definition) is 2. The maximum absolute atomic E-state index is 12.1. The molecule has 1 aromatic rings. The van der Waals surface area contributed by atoms with Crippen LogP contribution in [0.15, 0.2) is 18.3 Å². The second-order valence-electron chi connectivity index (χ2n) is 5.69. The normalized spacial score (nSPS) is 20.7. The average molecular weight is 248 g/mol. The molecule has 1 aromatic heterocycles. The van der Waals surface area contributed by atoms with Gasteiger partial charge in [0.05, 0.1) is 0 Å². The van der Waals surface area contributed by atoms with E-state index in [-0.39, 0.29) is 17.9 Å². The highest BCUT2D eigenvalue weighted by molar-refractivity contribution is 5.92. The molecule has 0 aromatic carbocycles. The molecule has 0 aliphatic heterocycles. The Labute approximate surface area is 107 Å². The lowest BCUT2D eigenvalue weighted by Gasteiger charge is -2.15. The predicted molar refractivity (Wildman–Crippen MR) is 68.4 cm³/mol. The molecule has 0 saturated heterocycles. The van der Waals surface area contributed by atoms with E-state index < -0.39 is 0 Å². The van der Waals surface area contributed by atoms with Crippen molar-refractivity contribution < 1.29 is 9.90 Å². The van der Waals surface area contributed by atoms with Crippen LogP contribution < -0.4 is 5.32 Å². The summed E-state index contributed by atoms with van der Waals surface area (Å²) in [4.78, 5) is 12.1. The van der Waals surface area contributed by atoms with Crippen molar-refractivity contribution in [3.05, 3.63) is 24.0 Å². The molecule has 0 unspecified atom stereocenters. The van der Waals surface area contributed by atoms with E-state index in [0.717, 1.165) is 25.0 Å². The number of carbonyl (C=O) groups is 1. The third-order valence-corrected chi connectivity index (χ3v) is 4.18. The van der Waals surface area contributed by atoms with Crippen LogP contribution in [0.5, 0.6) is 0 Å². The minimum absolute atomic E-state index is 0.0242. The third-order valence-electron chi connectivity index (χ3n) is 4.18. The zero-order valence-corrected chi connectivity index (χ0v) is 10.6. The average Bonchev–Trinajstić information content (AvgIpc) is 3.29. The summed E-state index contributed by atoms with van der Waals surface area (Å²) in [5, 5.41) is 12.0. The topological polar surface area (TPSA) is 54.3 Å². The van der Waals surface area contributed by atoms with Gasteiger partial charge in [-0.15, -0.1) is 0 Å². The highest BCUT2D eigenvalue weighted by Crippen LogP contribution is 2.47. The molecule has 2 fully saturated rings. The van der Waals surface area contributed by atoms with Crippen LogP contribution in [0.25, 0.3) is 0 Å². The monoisotopic (exact) mass is 248 g/mol. The number of carbonyl (C=O) groups excluding carboxylic acids is 1. The number of nitrogens with one attached hydrogen (secondary N) is 1. The zero-order chi connectivity index (χ0) is 12.6. The number of aromatic nitrogens is 1. The lowest BCUT2D eigenvalue weighted by atomic mass is 10.0. The summed E-state index contributed by atoms with van der Waals surface area (Å²) in [5.74, 6) is 0.0242. The molecule has 2 N–H and O–H groups in total. The van der Waals surface area contributed by atoms with E-state index in [1.807, 2.05) is 18.3 Å². The van der Waals surface area contributed by atoms with Gasteiger partial charge in [-0.1, -0.05) is 0 Å². The van der Waals surface area contributed by atoms with Crippen LogP contribution in [0.3, 0.4) is 0 Å². The van der Waals surface area contributed by atoms with Gasteiger partial charge < -0.3 is 15.0 Å². The van der Waals surface area contributed by atoms with Gasteiger partial charge in [0.15, 0.2) is 0 Å². The Hall–Kier alpha value is -1.29. The molecule has 3 rings (SSSR count). The van der Waals surface area contributed by atoms with Crippen molar-refractivity contribution in [1.82, 2.24) is 9.88 Å². The van der Waals surface area contributed by atoms with Crippen LogP contribution in [0.2, 0.25) is 0 Å². The summed E-state index contributed by atoms with van der Waals surface area (Å²) in [6.45, 7) is 0.913. The van der Waals surface area contributed by atoms with Gasteiger partial charge >= 0.3 is 0 Å². The van der Waals surface area contributed by atoms with Crippen molar-refractivity contribution in [2.45, 2.75) is 38.1 Å². The molecule has 0 radical (unpaired) electrons. The number of aliphatic hydroxyl groups excluding tert-OH is 1. The predicted octanol–water partition coefficient (Wildman–Crippen LogP) is 1.72. The Kier molecular flexibility index (Phi) is 2.90. The molecule has 2 saturated carbocycles. The van der Waals surface area contributed by atoms with Crippen LogP contribution in [0.1, 0.15) is 48.6 Å². The van der Waals surface area contributed by atoms with E-state index in [9.17, 15) is 4.79 Å². The van der Waals surface area contributed by atoms with Gasteiger partial charge in [0, 0.05) is 25.4 Å². The second-order valence-corrected chi connectivity index (χ2v) is 5.69. The molecular weight excluding hydrogens is 228 g/mol. The summed E-state index contributed by atoms with van der Waals surface area (Å²) in [6.07, 6.45) is 7.41. The molecule has 2 aliphatic carbocycles. The molecule has 4 heteroatoms. The fraction of sp³-hybridized carbons (Fsp3) is 0.643. The van der Waals surface area contributed by atoms with Crippen LogP contribution in [0, 0.1) is 5.41 Å². The molecule has 98 valence electrons. The summed E-state index contributed by atoms with van der Waals surface area (Å²) < 4.78 is 2.08. The van der Waals surface area contributed by atoms with Crippen molar-refractivity contribution in [3.63, 3.8) is 0 Å². The summed E-state index contributed by atoms with van der Waals surface area (Å²) in [7, 11) is 0. The standard InChI is InChI=1S/C14H20N2O2/c17-9-7-14(5-6-14)10-15-13(18)12-2-1-8-16(12)11-3-4-11/h1-2,8,11,17H,3-7,9-10H2,(H,15,18). The van der Waals surface area contributed by atoms with Crippen molar-refractivity contribution in [2.24, 2.45) is 5.41 Å². The molecule has 2 aliphatic rings. The molecule has 1 amide bonds. The Bertz CT molecular complexity index is 444. The Morgan fingerprint density at radius 1 is 1.50 bits per heavy atom. The van der Waals surface area contributed by atoms with E-state index in [2.05, 4.69) is 9.88 Å². The van der Waals surface area contributed by atoms with Crippen molar-refractivity contribution in [3.8, 4) is 0 Å². The van der Waals surface area contributed by atoms with Crippen LogP contribution in [-0.4, -0.2) is 28.7 Å². The van der Waals surface area contributed by atoms with E-state index in [1.54, 1.807) is 0 Å². The highest BCUT2D eigenvalue weighted by atomic mass is 16.3. The van der Waals surface area contributed by atoms with Gasteiger partial charge in [0.25, 0.3) is 5.91 Å². The number of amides is 1. The summed E-state index contributed by atoms with van der Waals surface area (Å²) >= 11 is 0. The molecule has 4 nitrogen and oxygen atoms in total. The van der Waals surface area contributed by atoms with Crippen LogP contribution >= 0.6 is 0 Å². The van der Waals surface area contributed by atoms with E-state index in [1.165, 1.54) is 12.8 Å². The van der Waals surface area contributed by atoms with Crippen LogP contribution in [-0.2, 0) is 0 Å². The van der Waals surface area contributed by atoms with Gasteiger partial charge in [-0.05, 0) is 49.7 Å². The largest absolute Gasteiger partial charge is 0.396 e. The lowest BCUT2D eigenvalue weighted by molar-refractivity contribution is 0.0931. The van der Waals surface area contributed by atoms with Crippen molar-refractivity contribution in [2.75, 3.05) is 13.2 Å². The fourth-order valence-corrected chi connectivity index (χ4v) is 2.54. The van der Waals surface area contributed by atoms with E-state index in [4.69, 9.17) is 5.11 Å². The van der Waals surface area contributed by atoms with Gasteiger partial charge in [-0.2, -0.15) is 0 Å². The first-order chi connectivity index (χ1) is 8.74. The van der Waals surface area contributed by atoms with Gasteiger partial charge in [-0.3, -0.25) is 4.79 Å². The molecule has 0 bridgehead atoms. The SMILES string of the molecule is O=C(NCC1(CCO)CC1)c1cccn1C1CC1. The smallest absolute Gasteiger partial charge is 0.267 e. The van der Waals surface area contributed by atoms with Gasteiger partial charge in [0.1, 0.15) is 5.69 Å². The van der Waals surface area contributed by atoms with Gasteiger partial charge in [0.2, 0.25) is 0 Å². The molecule has 1 heterocycles. The third kappa shape index (κ3) is 2.29. The first-order valence-electron chi connectivity index (χ1n) is 6.80. The highest BCUT2D eigenvalue weighted by Gasteiger charge is 2.42. The van der Waals surface area contributed by atoms with Crippen LogP contribution in [0.4, 0.5) is 0 Å². The summed E-state index contributed by atoms with van der Waals surface area (Å²) in [6, 6.07) is 4.36. The number of nitrogens with zero attached hydrogens (tertiary/aromatic N) is 1. The Morgan fingerprint density at radius 2 is 2.28 bits per heavy atom. The van der Waals surface area contributed by atoms with Crippen molar-refractivity contribution >= 4 is 5.91 Å². The maximum Gasteiger partial charge on any atom is 0.267 e. The molecule has 0 atom stereocenters. The number of aliphatic hydroxyl groups is 1. The quantitative estimate of drug-likeness (QED) is 0.805. The van der Waals surface area contributed by atoms with Gasteiger partial charge in [-0.25, -0.2) is 0 Å².